The van der Waals surface area contributed by atoms with E-state index >= 15 is 0 Å². The minimum Gasteiger partial charge on any atom is -0.323 e. The standard InChI is InChI=1S/C22H18ClFN4O3/c1-22(11-15(22)20(30)27-18-8-5-13(23)12-25-18)21(31)26-17-7-6-14(10-16(17)24)28-9-3-2-4-19(28)29/h2-10,12,15H,11H2,1H3,(H,26,31)(H,25,27,30)/t15-,22-/m0/s1. The highest BCUT2D eigenvalue weighted by Crippen LogP contribution is 2.53. The van der Waals surface area contributed by atoms with Gasteiger partial charge in [0.2, 0.25) is 11.8 Å². The number of aromatic nitrogens is 2. The molecule has 4 rings (SSSR count). The molecule has 0 spiro atoms. The highest BCUT2D eigenvalue weighted by Gasteiger charge is 2.60. The smallest absolute Gasteiger partial charge is 0.255 e. The summed E-state index contributed by atoms with van der Waals surface area (Å²) in [6.07, 6.45) is 3.27. The maximum atomic E-state index is 14.6. The summed E-state index contributed by atoms with van der Waals surface area (Å²) < 4.78 is 15.9. The van der Waals surface area contributed by atoms with E-state index in [4.69, 9.17) is 11.6 Å². The Bertz CT molecular complexity index is 1230. The number of carbonyl (C=O) groups excluding carboxylic acids is 2. The predicted molar refractivity (Wildman–Crippen MR) is 115 cm³/mol. The molecule has 1 aliphatic carbocycles. The van der Waals surface area contributed by atoms with Gasteiger partial charge in [0.15, 0.2) is 0 Å². The first kappa shape index (κ1) is 20.7. The second kappa shape index (κ2) is 7.96. The molecular weight excluding hydrogens is 423 g/mol. The van der Waals surface area contributed by atoms with E-state index in [9.17, 15) is 18.8 Å². The Morgan fingerprint density at radius 1 is 1.19 bits per heavy atom. The second-order valence-corrected chi connectivity index (χ2v) is 7.99. The van der Waals surface area contributed by atoms with Crippen molar-refractivity contribution < 1.29 is 14.0 Å². The molecule has 2 N–H and O–H groups in total. The van der Waals surface area contributed by atoms with Crippen LogP contribution in [0.25, 0.3) is 5.69 Å². The summed E-state index contributed by atoms with van der Waals surface area (Å²) in [5, 5.41) is 5.64. The van der Waals surface area contributed by atoms with Gasteiger partial charge in [0.1, 0.15) is 11.6 Å². The summed E-state index contributed by atoms with van der Waals surface area (Å²) in [6, 6.07) is 11.9. The zero-order valence-electron chi connectivity index (χ0n) is 16.4. The average Bonchev–Trinajstić information content (AvgIpc) is 3.45. The number of nitrogens with one attached hydrogen (secondary N) is 2. The van der Waals surface area contributed by atoms with Crippen LogP contribution in [0, 0.1) is 17.2 Å². The van der Waals surface area contributed by atoms with Crippen LogP contribution in [0.3, 0.4) is 0 Å². The third-order valence-corrected chi connectivity index (χ3v) is 5.58. The number of amides is 2. The van der Waals surface area contributed by atoms with Crippen LogP contribution in [0.5, 0.6) is 0 Å². The molecule has 1 aliphatic rings. The SMILES string of the molecule is C[C@]1(C(=O)Nc2ccc(-n3ccccc3=O)cc2F)C[C@H]1C(=O)Nc1ccc(Cl)cn1. The molecule has 7 nitrogen and oxygen atoms in total. The van der Waals surface area contributed by atoms with Gasteiger partial charge in [-0.05, 0) is 43.7 Å². The van der Waals surface area contributed by atoms with Crippen LogP contribution in [-0.2, 0) is 9.59 Å². The first-order chi connectivity index (χ1) is 14.8. The van der Waals surface area contributed by atoms with Crippen molar-refractivity contribution in [3.8, 4) is 5.69 Å². The van der Waals surface area contributed by atoms with Crippen LogP contribution in [0.15, 0.2) is 65.7 Å². The monoisotopic (exact) mass is 440 g/mol. The summed E-state index contributed by atoms with van der Waals surface area (Å²) in [5.41, 5.74) is -0.943. The number of nitrogens with zero attached hydrogens (tertiary/aromatic N) is 2. The quantitative estimate of drug-likeness (QED) is 0.633. The summed E-state index contributed by atoms with van der Waals surface area (Å²) in [4.78, 5) is 41.1. The number of benzene rings is 1. The van der Waals surface area contributed by atoms with Gasteiger partial charge in [0, 0.05) is 24.5 Å². The van der Waals surface area contributed by atoms with Gasteiger partial charge in [0.05, 0.1) is 27.7 Å². The van der Waals surface area contributed by atoms with Gasteiger partial charge in [-0.2, -0.15) is 0 Å². The Balaban J connectivity index is 1.43. The third kappa shape index (κ3) is 4.20. The number of carbonyl (C=O) groups is 2. The number of hydrogen-bond donors (Lipinski definition) is 2. The van der Waals surface area contributed by atoms with Crippen LogP contribution in [0.1, 0.15) is 13.3 Å². The van der Waals surface area contributed by atoms with Crippen molar-refractivity contribution in [1.82, 2.24) is 9.55 Å². The molecular formula is C22H18ClFN4O3. The van der Waals surface area contributed by atoms with Crippen LogP contribution in [-0.4, -0.2) is 21.4 Å². The van der Waals surface area contributed by atoms with Gasteiger partial charge >= 0.3 is 0 Å². The van der Waals surface area contributed by atoms with E-state index in [2.05, 4.69) is 15.6 Å². The topological polar surface area (TPSA) is 93.1 Å². The predicted octanol–water partition coefficient (Wildman–Crippen LogP) is 3.63. The van der Waals surface area contributed by atoms with Crippen molar-refractivity contribution in [3.63, 3.8) is 0 Å². The number of anilines is 2. The lowest BCUT2D eigenvalue weighted by Crippen LogP contribution is -2.28. The van der Waals surface area contributed by atoms with Crippen LogP contribution < -0.4 is 16.2 Å². The number of rotatable bonds is 5. The van der Waals surface area contributed by atoms with Crippen LogP contribution in [0.2, 0.25) is 5.02 Å². The highest BCUT2D eigenvalue weighted by molar-refractivity contribution is 6.30. The molecule has 0 bridgehead atoms. The Morgan fingerprint density at radius 2 is 2.00 bits per heavy atom. The number of hydrogen-bond acceptors (Lipinski definition) is 4. The molecule has 1 aromatic carbocycles. The van der Waals surface area contributed by atoms with Gasteiger partial charge in [-0.25, -0.2) is 9.37 Å². The molecule has 158 valence electrons. The van der Waals surface area contributed by atoms with Gasteiger partial charge in [-0.3, -0.25) is 19.0 Å². The maximum absolute atomic E-state index is 14.6. The Morgan fingerprint density at radius 3 is 2.68 bits per heavy atom. The lowest BCUT2D eigenvalue weighted by Gasteiger charge is -2.14. The fourth-order valence-corrected chi connectivity index (χ4v) is 3.43. The molecule has 3 aromatic rings. The second-order valence-electron chi connectivity index (χ2n) is 7.55. The fraction of sp³-hybridized carbons (Fsp3) is 0.182. The summed E-state index contributed by atoms with van der Waals surface area (Å²) in [6.45, 7) is 1.65. The molecule has 2 amide bonds. The summed E-state index contributed by atoms with van der Waals surface area (Å²) >= 11 is 5.78. The number of halogens is 2. The van der Waals surface area contributed by atoms with Gasteiger partial charge in [0.25, 0.3) is 5.56 Å². The normalized spacial score (nSPS) is 19.5. The van der Waals surface area contributed by atoms with E-state index in [0.717, 1.165) is 0 Å². The Labute approximate surface area is 181 Å². The van der Waals surface area contributed by atoms with Crippen LogP contribution >= 0.6 is 11.6 Å². The third-order valence-electron chi connectivity index (χ3n) is 5.35. The van der Waals surface area contributed by atoms with E-state index in [-0.39, 0.29) is 17.2 Å². The average molecular weight is 441 g/mol. The molecule has 0 aliphatic heterocycles. The van der Waals surface area contributed by atoms with Crippen molar-refractivity contribution >= 4 is 34.9 Å². The lowest BCUT2D eigenvalue weighted by molar-refractivity contribution is -0.125. The molecule has 1 fully saturated rings. The zero-order chi connectivity index (χ0) is 22.2. The summed E-state index contributed by atoms with van der Waals surface area (Å²) in [7, 11) is 0. The molecule has 0 saturated heterocycles. The molecule has 2 heterocycles. The largest absolute Gasteiger partial charge is 0.323 e. The van der Waals surface area contributed by atoms with Gasteiger partial charge in [-0.15, -0.1) is 0 Å². The molecule has 0 unspecified atom stereocenters. The molecule has 0 radical (unpaired) electrons. The maximum Gasteiger partial charge on any atom is 0.255 e. The molecule has 2 atom stereocenters. The van der Waals surface area contributed by atoms with E-state index in [1.807, 2.05) is 0 Å². The van der Waals surface area contributed by atoms with E-state index in [1.54, 1.807) is 31.2 Å². The molecule has 31 heavy (non-hydrogen) atoms. The van der Waals surface area contributed by atoms with E-state index in [0.29, 0.717) is 22.9 Å². The van der Waals surface area contributed by atoms with Gasteiger partial charge < -0.3 is 10.6 Å². The molecule has 1 saturated carbocycles. The van der Waals surface area contributed by atoms with Crippen molar-refractivity contribution in [2.75, 3.05) is 10.6 Å². The van der Waals surface area contributed by atoms with Gasteiger partial charge in [-0.1, -0.05) is 17.7 Å². The first-order valence-corrected chi connectivity index (χ1v) is 9.87. The molecule has 9 heteroatoms. The highest BCUT2D eigenvalue weighted by atomic mass is 35.5. The number of pyridine rings is 2. The van der Waals surface area contributed by atoms with E-state index in [1.165, 1.54) is 41.2 Å². The fourth-order valence-electron chi connectivity index (χ4n) is 3.32. The first-order valence-electron chi connectivity index (χ1n) is 9.49. The summed E-state index contributed by atoms with van der Waals surface area (Å²) in [5.74, 6) is -1.71. The molecule has 2 aromatic heterocycles. The van der Waals surface area contributed by atoms with Crippen molar-refractivity contribution in [1.29, 1.82) is 0 Å². The Hall–Kier alpha value is -3.52. The minimum atomic E-state index is -0.960. The van der Waals surface area contributed by atoms with Crippen molar-refractivity contribution in [2.24, 2.45) is 11.3 Å². The Kier molecular flexibility index (Phi) is 5.32. The van der Waals surface area contributed by atoms with E-state index < -0.39 is 23.1 Å². The van der Waals surface area contributed by atoms with Crippen LogP contribution in [0.4, 0.5) is 15.9 Å². The lowest BCUT2D eigenvalue weighted by atomic mass is 10.0. The minimum absolute atomic E-state index is 0.0237. The van der Waals surface area contributed by atoms with Crippen molar-refractivity contribution in [2.45, 2.75) is 13.3 Å². The zero-order valence-corrected chi connectivity index (χ0v) is 17.2. The van der Waals surface area contributed by atoms with Crippen molar-refractivity contribution in [3.05, 3.63) is 82.1 Å².